The summed E-state index contributed by atoms with van der Waals surface area (Å²) in [5.74, 6) is -2.49. The number of halogens is 2. The molecule has 1 saturated heterocycles. The standard InChI is InChI=1S/C16H21F2NO2/c1-10(2)16(15(20)21)6-7-19(9-16)11(3)12-4-5-13(17)14(18)8-12/h4-5,8,10-11H,6-7,9H2,1-3H3,(H,20,21). The monoisotopic (exact) mass is 297 g/mol. The highest BCUT2D eigenvalue weighted by atomic mass is 19.2. The number of benzene rings is 1. The zero-order chi connectivity index (χ0) is 15.8. The summed E-state index contributed by atoms with van der Waals surface area (Å²) in [6.07, 6.45) is 0.577. The number of hydrogen-bond acceptors (Lipinski definition) is 2. The Hall–Kier alpha value is -1.49. The highest BCUT2D eigenvalue weighted by Crippen LogP contribution is 2.41. The molecule has 21 heavy (non-hydrogen) atoms. The SMILES string of the molecule is CC(c1ccc(F)c(F)c1)N1CCC(C(=O)O)(C(C)C)C1. The molecule has 0 aromatic heterocycles. The number of rotatable bonds is 4. The topological polar surface area (TPSA) is 40.5 Å². The second kappa shape index (κ2) is 5.72. The number of carbonyl (C=O) groups is 1. The molecule has 2 atom stereocenters. The summed E-state index contributed by atoms with van der Waals surface area (Å²) in [5.41, 5.74) is -0.0915. The molecular weight excluding hydrogens is 276 g/mol. The Morgan fingerprint density at radius 3 is 2.43 bits per heavy atom. The van der Waals surface area contributed by atoms with Crippen LogP contribution in [-0.4, -0.2) is 29.1 Å². The fourth-order valence-electron chi connectivity index (χ4n) is 3.07. The van der Waals surface area contributed by atoms with E-state index in [1.807, 2.05) is 25.7 Å². The smallest absolute Gasteiger partial charge is 0.311 e. The van der Waals surface area contributed by atoms with Crippen molar-refractivity contribution in [2.24, 2.45) is 11.3 Å². The fourth-order valence-corrected chi connectivity index (χ4v) is 3.07. The number of carboxylic acid groups (broad SMARTS) is 1. The van der Waals surface area contributed by atoms with E-state index in [2.05, 4.69) is 0 Å². The van der Waals surface area contributed by atoms with E-state index in [1.165, 1.54) is 6.07 Å². The molecule has 2 unspecified atom stereocenters. The van der Waals surface area contributed by atoms with Crippen molar-refractivity contribution in [3.8, 4) is 0 Å². The van der Waals surface area contributed by atoms with E-state index in [1.54, 1.807) is 6.07 Å². The predicted molar refractivity (Wildman–Crippen MR) is 75.9 cm³/mol. The van der Waals surface area contributed by atoms with E-state index in [9.17, 15) is 18.7 Å². The third-order valence-electron chi connectivity index (χ3n) is 4.84. The molecule has 5 heteroatoms. The summed E-state index contributed by atoms with van der Waals surface area (Å²) in [6, 6.07) is 3.72. The van der Waals surface area contributed by atoms with Crippen LogP contribution in [0.1, 0.15) is 38.8 Å². The van der Waals surface area contributed by atoms with Crippen LogP contribution in [0.3, 0.4) is 0 Å². The maximum absolute atomic E-state index is 13.3. The van der Waals surface area contributed by atoms with Gasteiger partial charge in [-0.05, 0) is 43.5 Å². The molecule has 0 aliphatic carbocycles. The van der Waals surface area contributed by atoms with Crippen LogP contribution in [0.25, 0.3) is 0 Å². The summed E-state index contributed by atoms with van der Waals surface area (Å²) < 4.78 is 26.4. The number of carboxylic acids is 1. The Kier molecular flexibility index (Phi) is 4.33. The van der Waals surface area contributed by atoms with Gasteiger partial charge in [0, 0.05) is 12.6 Å². The maximum atomic E-state index is 13.3. The third kappa shape index (κ3) is 2.79. The van der Waals surface area contributed by atoms with Gasteiger partial charge >= 0.3 is 5.97 Å². The molecule has 1 aliphatic heterocycles. The first-order valence-electron chi connectivity index (χ1n) is 7.20. The normalized spacial score (nSPS) is 24.5. The first-order valence-corrected chi connectivity index (χ1v) is 7.20. The molecule has 116 valence electrons. The van der Waals surface area contributed by atoms with Crippen LogP contribution >= 0.6 is 0 Å². The van der Waals surface area contributed by atoms with Crippen LogP contribution in [-0.2, 0) is 4.79 Å². The van der Waals surface area contributed by atoms with Gasteiger partial charge in [0.15, 0.2) is 11.6 Å². The predicted octanol–water partition coefficient (Wildman–Crippen LogP) is 3.46. The van der Waals surface area contributed by atoms with E-state index >= 15 is 0 Å². The second-order valence-electron chi connectivity index (χ2n) is 6.19. The molecule has 0 spiro atoms. The molecule has 0 amide bonds. The Labute approximate surface area is 123 Å². The number of hydrogen-bond donors (Lipinski definition) is 1. The molecular formula is C16H21F2NO2. The Balaban J connectivity index is 2.20. The summed E-state index contributed by atoms with van der Waals surface area (Å²) in [6.45, 7) is 6.80. The first-order chi connectivity index (χ1) is 9.78. The third-order valence-corrected chi connectivity index (χ3v) is 4.84. The Bertz CT molecular complexity index is 547. The van der Waals surface area contributed by atoms with E-state index in [-0.39, 0.29) is 12.0 Å². The van der Waals surface area contributed by atoms with Crippen LogP contribution in [0.4, 0.5) is 8.78 Å². The zero-order valence-electron chi connectivity index (χ0n) is 12.6. The van der Waals surface area contributed by atoms with Gasteiger partial charge in [-0.2, -0.15) is 0 Å². The van der Waals surface area contributed by atoms with Crippen molar-refractivity contribution in [3.63, 3.8) is 0 Å². The maximum Gasteiger partial charge on any atom is 0.311 e. The zero-order valence-corrected chi connectivity index (χ0v) is 12.6. The van der Waals surface area contributed by atoms with Crippen molar-refractivity contribution in [2.45, 2.75) is 33.2 Å². The van der Waals surface area contributed by atoms with E-state index in [0.717, 1.165) is 6.07 Å². The minimum atomic E-state index is -0.869. The summed E-state index contributed by atoms with van der Waals surface area (Å²) >= 11 is 0. The molecule has 1 aliphatic rings. The lowest BCUT2D eigenvalue weighted by atomic mass is 9.76. The van der Waals surface area contributed by atoms with Crippen molar-refractivity contribution < 1.29 is 18.7 Å². The van der Waals surface area contributed by atoms with Gasteiger partial charge in [0.1, 0.15) is 0 Å². The molecule has 1 N–H and O–H groups in total. The van der Waals surface area contributed by atoms with Gasteiger partial charge < -0.3 is 5.11 Å². The van der Waals surface area contributed by atoms with Crippen LogP contribution in [0.15, 0.2) is 18.2 Å². The lowest BCUT2D eigenvalue weighted by molar-refractivity contribution is -0.151. The fraction of sp³-hybridized carbons (Fsp3) is 0.562. The van der Waals surface area contributed by atoms with E-state index in [0.29, 0.717) is 25.1 Å². The Morgan fingerprint density at radius 1 is 1.29 bits per heavy atom. The average molecular weight is 297 g/mol. The molecule has 0 radical (unpaired) electrons. The van der Waals surface area contributed by atoms with Gasteiger partial charge in [-0.1, -0.05) is 19.9 Å². The highest BCUT2D eigenvalue weighted by molar-refractivity contribution is 5.75. The van der Waals surface area contributed by atoms with Crippen LogP contribution in [0.5, 0.6) is 0 Å². The minimum Gasteiger partial charge on any atom is -0.481 e. The van der Waals surface area contributed by atoms with E-state index in [4.69, 9.17) is 0 Å². The van der Waals surface area contributed by atoms with Gasteiger partial charge in [-0.3, -0.25) is 9.69 Å². The van der Waals surface area contributed by atoms with Crippen molar-refractivity contribution in [1.82, 2.24) is 4.90 Å². The van der Waals surface area contributed by atoms with E-state index < -0.39 is 23.0 Å². The number of nitrogens with zero attached hydrogens (tertiary/aromatic N) is 1. The summed E-state index contributed by atoms with van der Waals surface area (Å²) in [7, 11) is 0. The number of likely N-dealkylation sites (tertiary alicyclic amines) is 1. The summed E-state index contributed by atoms with van der Waals surface area (Å²) in [5, 5.41) is 9.55. The van der Waals surface area contributed by atoms with Gasteiger partial charge in [0.05, 0.1) is 5.41 Å². The molecule has 1 heterocycles. The lowest BCUT2D eigenvalue weighted by Gasteiger charge is -2.31. The molecule has 1 fully saturated rings. The first kappa shape index (κ1) is 15.9. The Morgan fingerprint density at radius 2 is 1.95 bits per heavy atom. The number of aliphatic carboxylic acids is 1. The molecule has 3 nitrogen and oxygen atoms in total. The van der Waals surface area contributed by atoms with Gasteiger partial charge in [0.25, 0.3) is 0 Å². The largest absolute Gasteiger partial charge is 0.481 e. The average Bonchev–Trinajstić information content (AvgIpc) is 2.87. The van der Waals surface area contributed by atoms with Gasteiger partial charge in [-0.25, -0.2) is 8.78 Å². The second-order valence-corrected chi connectivity index (χ2v) is 6.19. The van der Waals surface area contributed by atoms with Crippen molar-refractivity contribution in [1.29, 1.82) is 0 Å². The van der Waals surface area contributed by atoms with Crippen molar-refractivity contribution >= 4 is 5.97 Å². The van der Waals surface area contributed by atoms with Gasteiger partial charge in [-0.15, -0.1) is 0 Å². The van der Waals surface area contributed by atoms with Crippen LogP contribution in [0.2, 0.25) is 0 Å². The quantitative estimate of drug-likeness (QED) is 0.925. The molecule has 0 bridgehead atoms. The molecule has 1 aromatic carbocycles. The lowest BCUT2D eigenvalue weighted by Crippen LogP contribution is -2.39. The van der Waals surface area contributed by atoms with Gasteiger partial charge in [0.2, 0.25) is 0 Å². The van der Waals surface area contributed by atoms with Crippen LogP contribution < -0.4 is 0 Å². The molecule has 2 rings (SSSR count). The van der Waals surface area contributed by atoms with Crippen molar-refractivity contribution in [3.05, 3.63) is 35.4 Å². The highest BCUT2D eigenvalue weighted by Gasteiger charge is 2.48. The molecule has 1 aromatic rings. The van der Waals surface area contributed by atoms with Crippen molar-refractivity contribution in [2.75, 3.05) is 13.1 Å². The molecule has 0 saturated carbocycles. The van der Waals surface area contributed by atoms with Crippen LogP contribution in [0, 0.1) is 23.0 Å². The minimum absolute atomic E-state index is 0.0251. The summed E-state index contributed by atoms with van der Waals surface area (Å²) in [4.78, 5) is 13.7.